The third-order valence-electron chi connectivity index (χ3n) is 6.71. The second-order valence-electron chi connectivity index (χ2n) is 9.55. The zero-order valence-electron chi connectivity index (χ0n) is 21.7. The average molecular weight is 541 g/mol. The lowest BCUT2D eigenvalue weighted by Gasteiger charge is -2.14. The SMILES string of the molecule is CN(C)C(=O)Cc1ccc2cc(CNc3ccc4ncc(C#N)c(Nc5ccc(F)c(Cl)c5)c4c3)n(C)c2c1. The number of pyridine rings is 1. The normalized spacial score (nSPS) is 11.0. The van der Waals surface area contributed by atoms with Crippen LogP contribution in [0.15, 0.2) is 66.9 Å². The van der Waals surface area contributed by atoms with Crippen molar-refractivity contribution in [2.75, 3.05) is 24.7 Å². The number of anilines is 3. The Morgan fingerprint density at radius 2 is 1.90 bits per heavy atom. The monoisotopic (exact) mass is 540 g/mol. The van der Waals surface area contributed by atoms with Crippen molar-refractivity contribution in [1.82, 2.24) is 14.5 Å². The van der Waals surface area contributed by atoms with E-state index in [1.807, 2.05) is 37.4 Å². The molecule has 0 saturated carbocycles. The van der Waals surface area contributed by atoms with Gasteiger partial charge in [-0.1, -0.05) is 23.7 Å². The second kappa shape index (κ2) is 10.6. The molecule has 1 amide bonds. The summed E-state index contributed by atoms with van der Waals surface area (Å²) >= 11 is 5.96. The summed E-state index contributed by atoms with van der Waals surface area (Å²) < 4.78 is 15.8. The molecule has 2 N–H and O–H groups in total. The van der Waals surface area contributed by atoms with E-state index in [0.29, 0.717) is 35.4 Å². The number of halogens is 2. The topological polar surface area (TPSA) is 86.0 Å². The summed E-state index contributed by atoms with van der Waals surface area (Å²) in [5.74, 6) is -0.451. The van der Waals surface area contributed by atoms with E-state index in [2.05, 4.69) is 38.4 Å². The van der Waals surface area contributed by atoms with Crippen molar-refractivity contribution >= 4 is 56.4 Å². The Morgan fingerprint density at radius 3 is 2.64 bits per heavy atom. The van der Waals surface area contributed by atoms with Crippen LogP contribution in [-0.4, -0.2) is 34.5 Å². The number of nitrogens with one attached hydrogen (secondary N) is 2. The maximum Gasteiger partial charge on any atom is 0.226 e. The predicted molar refractivity (Wildman–Crippen MR) is 154 cm³/mol. The maximum atomic E-state index is 13.7. The van der Waals surface area contributed by atoms with Gasteiger partial charge in [-0.2, -0.15) is 5.26 Å². The van der Waals surface area contributed by atoms with Gasteiger partial charge in [0.1, 0.15) is 11.9 Å². The number of carbonyl (C=O) groups is 1. The molecule has 0 bridgehead atoms. The van der Waals surface area contributed by atoms with Gasteiger partial charge in [0.15, 0.2) is 0 Å². The fourth-order valence-electron chi connectivity index (χ4n) is 4.48. The highest BCUT2D eigenvalue weighted by Gasteiger charge is 2.13. The molecule has 39 heavy (non-hydrogen) atoms. The molecule has 2 aromatic heterocycles. The molecule has 0 spiro atoms. The van der Waals surface area contributed by atoms with Gasteiger partial charge in [0.2, 0.25) is 5.91 Å². The van der Waals surface area contributed by atoms with Crippen molar-refractivity contribution in [3.05, 3.63) is 94.5 Å². The molecule has 3 aromatic carbocycles. The van der Waals surface area contributed by atoms with Crippen LogP contribution >= 0.6 is 11.6 Å². The van der Waals surface area contributed by atoms with E-state index in [4.69, 9.17) is 11.6 Å². The number of rotatable bonds is 7. The van der Waals surface area contributed by atoms with E-state index in [1.54, 1.807) is 25.1 Å². The van der Waals surface area contributed by atoms with Crippen molar-refractivity contribution in [3.63, 3.8) is 0 Å². The minimum atomic E-state index is -0.514. The zero-order valence-corrected chi connectivity index (χ0v) is 22.5. The quantitative estimate of drug-likeness (QED) is 0.250. The van der Waals surface area contributed by atoms with Gasteiger partial charge >= 0.3 is 0 Å². The van der Waals surface area contributed by atoms with E-state index in [0.717, 1.165) is 33.2 Å². The molecule has 0 saturated heterocycles. The summed E-state index contributed by atoms with van der Waals surface area (Å²) in [4.78, 5) is 18.2. The fraction of sp³-hybridized carbons (Fsp3) is 0.167. The predicted octanol–water partition coefficient (Wildman–Crippen LogP) is 6.38. The van der Waals surface area contributed by atoms with Gasteiger partial charge in [0.25, 0.3) is 0 Å². The number of hydrogen-bond acceptors (Lipinski definition) is 5. The highest BCUT2D eigenvalue weighted by molar-refractivity contribution is 6.31. The zero-order chi connectivity index (χ0) is 27.7. The van der Waals surface area contributed by atoms with Gasteiger partial charge in [-0.15, -0.1) is 0 Å². The van der Waals surface area contributed by atoms with Crippen LogP contribution in [0.5, 0.6) is 0 Å². The molecule has 2 heterocycles. The molecule has 0 unspecified atom stereocenters. The maximum absolute atomic E-state index is 13.7. The third-order valence-corrected chi connectivity index (χ3v) is 7.00. The van der Waals surface area contributed by atoms with Gasteiger partial charge in [0.05, 0.1) is 34.8 Å². The first-order valence-corrected chi connectivity index (χ1v) is 12.7. The third kappa shape index (κ3) is 5.35. The van der Waals surface area contributed by atoms with Crippen molar-refractivity contribution in [1.29, 1.82) is 5.26 Å². The molecule has 0 atom stereocenters. The number of nitrogens with zero attached hydrogens (tertiary/aromatic N) is 4. The molecule has 5 aromatic rings. The van der Waals surface area contributed by atoms with E-state index in [1.165, 1.54) is 18.3 Å². The lowest BCUT2D eigenvalue weighted by atomic mass is 10.1. The minimum Gasteiger partial charge on any atom is -0.379 e. The van der Waals surface area contributed by atoms with Crippen molar-refractivity contribution < 1.29 is 9.18 Å². The lowest BCUT2D eigenvalue weighted by Crippen LogP contribution is -2.23. The van der Waals surface area contributed by atoms with Gasteiger partial charge in [-0.25, -0.2) is 4.39 Å². The van der Waals surface area contributed by atoms with Crippen LogP contribution in [-0.2, 0) is 24.8 Å². The van der Waals surface area contributed by atoms with Crippen LogP contribution in [0.2, 0.25) is 5.02 Å². The molecular weight excluding hydrogens is 515 g/mol. The average Bonchev–Trinajstić information content (AvgIpc) is 3.24. The number of amides is 1. The Kier molecular flexibility index (Phi) is 7.09. The first-order valence-electron chi connectivity index (χ1n) is 12.3. The highest BCUT2D eigenvalue weighted by atomic mass is 35.5. The molecule has 0 aliphatic carbocycles. The van der Waals surface area contributed by atoms with Gasteiger partial charge in [-0.3, -0.25) is 9.78 Å². The summed E-state index contributed by atoms with van der Waals surface area (Å²) in [5.41, 5.74) is 6.15. The molecule has 0 aliphatic heterocycles. The van der Waals surface area contributed by atoms with E-state index >= 15 is 0 Å². The number of nitriles is 1. The molecule has 0 radical (unpaired) electrons. The standard InChI is InChI=1S/C30H26ClFN6O/c1-37(2)29(39)11-18-4-5-19-12-23(38(3)28(19)10-18)17-34-21-7-9-27-24(13-21)30(20(15-33)16-35-27)36-22-6-8-26(32)25(31)14-22/h4-10,12-14,16,34H,11,17H2,1-3H3,(H,35,36). The first-order chi connectivity index (χ1) is 18.7. The molecule has 196 valence electrons. The number of likely N-dealkylation sites (N-methyl/N-ethyl adjacent to an activating group) is 1. The van der Waals surface area contributed by atoms with E-state index in [9.17, 15) is 14.4 Å². The number of benzene rings is 3. The fourth-order valence-corrected chi connectivity index (χ4v) is 4.66. The first kappa shape index (κ1) is 26.0. The lowest BCUT2D eigenvalue weighted by molar-refractivity contribution is -0.127. The number of aryl methyl sites for hydroxylation is 1. The van der Waals surface area contributed by atoms with Crippen LogP contribution in [0.25, 0.3) is 21.8 Å². The molecule has 9 heteroatoms. The number of carbonyl (C=O) groups excluding carboxylic acids is 1. The van der Waals surface area contributed by atoms with Gasteiger partial charge in [-0.05, 0) is 59.5 Å². The van der Waals surface area contributed by atoms with Crippen LogP contribution in [0.4, 0.5) is 21.5 Å². The van der Waals surface area contributed by atoms with Crippen LogP contribution in [0, 0.1) is 17.1 Å². The minimum absolute atomic E-state index is 0.00870. The second-order valence-corrected chi connectivity index (χ2v) is 9.96. The largest absolute Gasteiger partial charge is 0.379 e. The van der Waals surface area contributed by atoms with Crippen LogP contribution in [0.3, 0.4) is 0 Å². The van der Waals surface area contributed by atoms with Gasteiger partial charge < -0.3 is 20.1 Å². The number of aromatic nitrogens is 2. The van der Waals surface area contributed by atoms with Crippen LogP contribution < -0.4 is 10.6 Å². The van der Waals surface area contributed by atoms with E-state index in [-0.39, 0.29) is 10.9 Å². The number of hydrogen-bond donors (Lipinski definition) is 2. The Hall–Kier alpha value is -4.61. The Morgan fingerprint density at radius 1 is 1.10 bits per heavy atom. The summed E-state index contributed by atoms with van der Waals surface area (Å²) in [7, 11) is 5.53. The molecular formula is C30H26ClFN6O. The molecule has 0 aliphatic rings. The summed E-state index contributed by atoms with van der Waals surface area (Å²) in [5, 5.41) is 18.2. The molecule has 7 nitrogen and oxygen atoms in total. The summed E-state index contributed by atoms with van der Waals surface area (Å²) in [6, 6.07) is 20.5. The molecule has 0 fully saturated rings. The number of fused-ring (bicyclic) bond motifs is 2. The Labute approximate surface area is 230 Å². The molecule has 5 rings (SSSR count). The van der Waals surface area contributed by atoms with Crippen molar-refractivity contribution in [2.24, 2.45) is 7.05 Å². The Bertz CT molecular complexity index is 1770. The van der Waals surface area contributed by atoms with Crippen molar-refractivity contribution in [3.8, 4) is 6.07 Å². The summed E-state index contributed by atoms with van der Waals surface area (Å²) in [6.45, 7) is 0.560. The summed E-state index contributed by atoms with van der Waals surface area (Å²) in [6.07, 6.45) is 1.87. The van der Waals surface area contributed by atoms with E-state index < -0.39 is 5.82 Å². The van der Waals surface area contributed by atoms with Crippen LogP contribution in [0.1, 0.15) is 16.8 Å². The Balaban J connectivity index is 1.42. The highest BCUT2D eigenvalue weighted by Crippen LogP contribution is 2.32. The van der Waals surface area contributed by atoms with Gasteiger partial charge in [0, 0.05) is 55.3 Å². The smallest absolute Gasteiger partial charge is 0.226 e. The van der Waals surface area contributed by atoms with Crippen molar-refractivity contribution in [2.45, 2.75) is 13.0 Å².